The van der Waals surface area contributed by atoms with Gasteiger partial charge in [0.1, 0.15) is 29.7 Å². The molecule has 1 aromatic carbocycles. The molecule has 154 valence electrons. The summed E-state index contributed by atoms with van der Waals surface area (Å²) in [5.41, 5.74) is 6.87. The summed E-state index contributed by atoms with van der Waals surface area (Å²) >= 11 is 0. The number of nitrogens with two attached hydrogens (primary N) is 1. The molecule has 0 radical (unpaired) electrons. The highest BCUT2D eigenvalue weighted by Crippen LogP contribution is 2.29. The van der Waals surface area contributed by atoms with E-state index < -0.39 is 24.5 Å². The van der Waals surface area contributed by atoms with Gasteiger partial charge in [-0.25, -0.2) is 0 Å². The molecule has 2 heterocycles. The molecule has 29 heavy (non-hydrogen) atoms. The Kier molecular flexibility index (Phi) is 5.88. The number of carbonyl (C=O) groups is 2. The summed E-state index contributed by atoms with van der Waals surface area (Å²) in [6, 6.07) is 6.09. The molecule has 0 aliphatic heterocycles. The molecule has 0 bridgehead atoms. The first-order valence-electron chi connectivity index (χ1n) is 9.21. The zero-order valence-electron chi connectivity index (χ0n) is 16.5. The van der Waals surface area contributed by atoms with Crippen LogP contribution in [0, 0.1) is 6.92 Å². The summed E-state index contributed by atoms with van der Waals surface area (Å²) < 4.78 is 13.4. The Morgan fingerprint density at radius 3 is 2.76 bits per heavy atom. The number of ether oxygens (including phenoxy) is 1. The summed E-state index contributed by atoms with van der Waals surface area (Å²) in [7, 11) is 0. The van der Waals surface area contributed by atoms with Gasteiger partial charge in [-0.15, -0.1) is 0 Å². The van der Waals surface area contributed by atoms with Crippen LogP contribution in [0.4, 0.5) is 0 Å². The van der Waals surface area contributed by atoms with Crippen molar-refractivity contribution in [2.75, 3.05) is 6.61 Å². The van der Waals surface area contributed by atoms with Crippen LogP contribution in [0.25, 0.3) is 11.0 Å². The van der Waals surface area contributed by atoms with E-state index in [1.165, 1.54) is 0 Å². The first-order chi connectivity index (χ1) is 13.8. The van der Waals surface area contributed by atoms with Crippen molar-refractivity contribution in [3.05, 3.63) is 47.5 Å². The number of benzene rings is 1. The summed E-state index contributed by atoms with van der Waals surface area (Å²) in [5.74, 6) is -0.447. The van der Waals surface area contributed by atoms with E-state index in [2.05, 4.69) is 10.4 Å². The Morgan fingerprint density at radius 2 is 2.10 bits per heavy atom. The molecule has 9 heteroatoms. The number of carbonyl (C=O) groups excluding carboxylic acids is 2. The number of aliphatic hydroxyl groups is 1. The molecule has 0 aliphatic carbocycles. The fourth-order valence-electron chi connectivity index (χ4n) is 3.09. The van der Waals surface area contributed by atoms with Crippen LogP contribution in [-0.4, -0.2) is 39.4 Å². The number of hydrogen-bond donors (Lipinski definition) is 3. The number of aryl methyl sites for hydroxylation is 1. The Balaban J connectivity index is 1.85. The minimum Gasteiger partial charge on any atom is -0.487 e. The minimum atomic E-state index is -1.18. The maximum atomic E-state index is 12.6. The molecule has 0 spiro atoms. The molecule has 0 saturated carbocycles. The number of hydrogen-bond acceptors (Lipinski definition) is 6. The molecule has 0 aliphatic rings. The largest absolute Gasteiger partial charge is 0.487 e. The summed E-state index contributed by atoms with van der Waals surface area (Å²) in [4.78, 5) is 24.0. The van der Waals surface area contributed by atoms with E-state index in [-0.39, 0.29) is 11.6 Å². The highest BCUT2D eigenvalue weighted by molar-refractivity contribution is 6.08. The van der Waals surface area contributed by atoms with Gasteiger partial charge in [0.05, 0.1) is 17.9 Å². The summed E-state index contributed by atoms with van der Waals surface area (Å²) in [5, 5.41) is 16.5. The maximum Gasteiger partial charge on any atom is 0.256 e. The van der Waals surface area contributed by atoms with Crippen molar-refractivity contribution in [1.82, 2.24) is 15.1 Å². The van der Waals surface area contributed by atoms with E-state index in [9.17, 15) is 14.7 Å². The minimum absolute atomic E-state index is 0.211. The molecule has 4 N–H and O–H groups in total. The molecular weight excluding hydrogens is 376 g/mol. The molecule has 3 aromatic rings. The second kappa shape index (κ2) is 8.36. The zero-order valence-corrected chi connectivity index (χ0v) is 16.5. The van der Waals surface area contributed by atoms with Gasteiger partial charge in [0.15, 0.2) is 0 Å². The maximum absolute atomic E-state index is 12.6. The Hall–Kier alpha value is -3.33. The molecule has 0 unspecified atom stereocenters. The third-order valence-electron chi connectivity index (χ3n) is 4.52. The third-order valence-corrected chi connectivity index (χ3v) is 4.52. The first kappa shape index (κ1) is 20.4. The van der Waals surface area contributed by atoms with E-state index in [0.717, 1.165) is 5.69 Å². The third kappa shape index (κ3) is 4.24. The standard InChI is InChI=1S/C20H24N4O5/c1-11(2)24-13(6-7-22-24)10-28-14-4-5-17-15(8-14)18(12(3)29-17)20(27)23-16(9-25)19(21)26/h4-8,11,16,25H,9-10H2,1-3H3,(H2,21,26)(H,23,27)/t16-/m0/s1. The molecule has 3 rings (SSSR count). The van der Waals surface area contributed by atoms with Crippen LogP contribution >= 0.6 is 0 Å². The van der Waals surface area contributed by atoms with Crippen LogP contribution < -0.4 is 15.8 Å². The number of aromatic nitrogens is 2. The quantitative estimate of drug-likeness (QED) is 0.527. The van der Waals surface area contributed by atoms with Gasteiger partial charge < -0.3 is 25.3 Å². The van der Waals surface area contributed by atoms with E-state index in [4.69, 9.17) is 14.9 Å². The van der Waals surface area contributed by atoms with Crippen LogP contribution in [0.5, 0.6) is 5.75 Å². The van der Waals surface area contributed by atoms with E-state index in [1.807, 2.05) is 24.6 Å². The molecule has 0 saturated heterocycles. The number of fused-ring (bicyclic) bond motifs is 1. The van der Waals surface area contributed by atoms with Crippen LogP contribution in [0.15, 0.2) is 34.9 Å². The predicted molar refractivity (Wildman–Crippen MR) is 105 cm³/mol. The molecular formula is C20H24N4O5. The van der Waals surface area contributed by atoms with Gasteiger partial charge in [-0.2, -0.15) is 5.10 Å². The fourth-order valence-corrected chi connectivity index (χ4v) is 3.09. The summed E-state index contributed by atoms with van der Waals surface area (Å²) in [6.45, 7) is 5.44. The average molecular weight is 400 g/mol. The number of furan rings is 1. The van der Waals surface area contributed by atoms with Crippen LogP contribution in [0.2, 0.25) is 0 Å². The van der Waals surface area contributed by atoms with Crippen molar-refractivity contribution < 1.29 is 23.8 Å². The highest BCUT2D eigenvalue weighted by atomic mass is 16.5. The lowest BCUT2D eigenvalue weighted by Crippen LogP contribution is -2.46. The number of amides is 2. The molecule has 9 nitrogen and oxygen atoms in total. The number of primary amides is 1. The van der Waals surface area contributed by atoms with Crippen LogP contribution in [0.1, 0.15) is 41.7 Å². The van der Waals surface area contributed by atoms with Crippen molar-refractivity contribution in [1.29, 1.82) is 0 Å². The van der Waals surface area contributed by atoms with Crippen molar-refractivity contribution in [2.45, 2.75) is 39.5 Å². The second-order valence-electron chi connectivity index (χ2n) is 6.95. The van der Waals surface area contributed by atoms with Gasteiger partial charge in [0, 0.05) is 17.6 Å². The van der Waals surface area contributed by atoms with Crippen molar-refractivity contribution in [2.24, 2.45) is 5.73 Å². The van der Waals surface area contributed by atoms with E-state index >= 15 is 0 Å². The normalized spacial score (nSPS) is 12.3. The number of nitrogens with one attached hydrogen (secondary N) is 1. The lowest BCUT2D eigenvalue weighted by atomic mass is 10.1. The lowest BCUT2D eigenvalue weighted by molar-refractivity contribution is -0.120. The number of nitrogens with zero attached hydrogens (tertiary/aromatic N) is 2. The van der Waals surface area contributed by atoms with Gasteiger partial charge in [0.25, 0.3) is 5.91 Å². The fraction of sp³-hybridized carbons (Fsp3) is 0.350. The van der Waals surface area contributed by atoms with Crippen molar-refractivity contribution in [3.63, 3.8) is 0 Å². The Bertz CT molecular complexity index is 1040. The van der Waals surface area contributed by atoms with Gasteiger partial charge in [-0.3, -0.25) is 14.3 Å². The van der Waals surface area contributed by atoms with Gasteiger partial charge in [0.2, 0.25) is 5.91 Å². The lowest BCUT2D eigenvalue weighted by Gasteiger charge is -2.13. The zero-order chi connectivity index (χ0) is 21.1. The predicted octanol–water partition coefficient (Wildman–Crippen LogP) is 1.67. The van der Waals surface area contributed by atoms with Crippen LogP contribution in [0.3, 0.4) is 0 Å². The van der Waals surface area contributed by atoms with E-state index in [0.29, 0.717) is 29.1 Å². The van der Waals surface area contributed by atoms with Crippen molar-refractivity contribution >= 4 is 22.8 Å². The topological polar surface area (TPSA) is 133 Å². The van der Waals surface area contributed by atoms with Gasteiger partial charge >= 0.3 is 0 Å². The molecule has 2 aromatic heterocycles. The van der Waals surface area contributed by atoms with Crippen molar-refractivity contribution in [3.8, 4) is 5.75 Å². The molecule has 2 amide bonds. The van der Waals surface area contributed by atoms with Gasteiger partial charge in [-0.05, 0) is 45.0 Å². The molecule has 0 fully saturated rings. The smallest absolute Gasteiger partial charge is 0.256 e. The van der Waals surface area contributed by atoms with E-state index in [1.54, 1.807) is 31.3 Å². The second-order valence-corrected chi connectivity index (χ2v) is 6.95. The number of rotatable bonds is 8. The number of aliphatic hydroxyl groups excluding tert-OH is 1. The van der Waals surface area contributed by atoms with Gasteiger partial charge in [-0.1, -0.05) is 0 Å². The highest BCUT2D eigenvalue weighted by Gasteiger charge is 2.23. The Labute approximate surface area is 167 Å². The summed E-state index contributed by atoms with van der Waals surface area (Å²) in [6.07, 6.45) is 1.72. The monoisotopic (exact) mass is 400 g/mol. The van der Waals surface area contributed by atoms with Crippen LogP contribution in [-0.2, 0) is 11.4 Å². The molecule has 1 atom stereocenters. The Morgan fingerprint density at radius 1 is 1.34 bits per heavy atom. The first-order valence-corrected chi connectivity index (χ1v) is 9.21. The SMILES string of the molecule is Cc1oc2ccc(OCc3ccnn3C(C)C)cc2c1C(=O)N[C@@H](CO)C(N)=O. The average Bonchev–Trinajstić information content (AvgIpc) is 3.27.